The minimum Gasteiger partial charge on any atom is -0.338 e. The lowest BCUT2D eigenvalue weighted by molar-refractivity contribution is -0.134. The molecule has 1 amide bonds. The molecule has 2 N–H and O–H groups in total. The first-order valence-corrected chi connectivity index (χ1v) is 6.68. The Morgan fingerprint density at radius 1 is 1.61 bits per heavy atom. The van der Waals surface area contributed by atoms with Crippen LogP contribution in [0.5, 0.6) is 0 Å². The van der Waals surface area contributed by atoms with Gasteiger partial charge >= 0.3 is 0 Å². The number of aromatic nitrogens is 2. The molecule has 1 heterocycles. The van der Waals surface area contributed by atoms with Crippen LogP contribution in [0.3, 0.4) is 0 Å². The summed E-state index contributed by atoms with van der Waals surface area (Å²) in [5.74, 6) is 0.0254. The molecule has 0 aromatic carbocycles. The predicted octanol–water partition coefficient (Wildman–Crippen LogP) is 1.21. The summed E-state index contributed by atoms with van der Waals surface area (Å²) in [6.45, 7) is 2.75. The number of hydrogen-bond donors (Lipinski definition) is 1. The van der Waals surface area contributed by atoms with E-state index in [-0.39, 0.29) is 5.91 Å². The van der Waals surface area contributed by atoms with Crippen molar-refractivity contribution in [1.82, 2.24) is 14.7 Å². The highest BCUT2D eigenvalue weighted by atomic mass is 16.2. The van der Waals surface area contributed by atoms with Gasteiger partial charge in [-0.15, -0.1) is 0 Å². The molecule has 2 rings (SSSR count). The summed E-state index contributed by atoms with van der Waals surface area (Å²) in [6.07, 6.45) is 8.14. The van der Waals surface area contributed by atoms with Gasteiger partial charge in [0.2, 0.25) is 5.91 Å². The number of nitrogens with two attached hydrogens (primary N) is 1. The van der Waals surface area contributed by atoms with E-state index in [4.69, 9.17) is 5.73 Å². The van der Waals surface area contributed by atoms with Crippen LogP contribution in [0.1, 0.15) is 44.2 Å². The van der Waals surface area contributed by atoms with Crippen LogP contribution in [0.4, 0.5) is 0 Å². The van der Waals surface area contributed by atoms with Crippen molar-refractivity contribution >= 4 is 5.91 Å². The summed E-state index contributed by atoms with van der Waals surface area (Å²) in [5.41, 5.74) is 6.84. The Labute approximate surface area is 108 Å². The number of carbonyl (C=O) groups is 1. The number of nitrogens with zero attached hydrogens (tertiary/aromatic N) is 3. The molecular weight excluding hydrogens is 228 g/mol. The van der Waals surface area contributed by atoms with Gasteiger partial charge in [0.15, 0.2) is 0 Å². The van der Waals surface area contributed by atoms with E-state index >= 15 is 0 Å². The molecule has 0 radical (unpaired) electrons. The van der Waals surface area contributed by atoms with E-state index in [1.54, 1.807) is 10.9 Å². The molecule has 1 fully saturated rings. The molecule has 0 saturated heterocycles. The first kappa shape index (κ1) is 13.1. The number of aryl methyl sites for hydroxylation is 1. The highest BCUT2D eigenvalue weighted by Gasteiger charge is 2.29. The minimum absolute atomic E-state index is 0.0254. The third-order valence-corrected chi connectivity index (χ3v) is 3.74. The lowest BCUT2D eigenvalue weighted by Crippen LogP contribution is -2.43. The minimum atomic E-state index is -0.584. The average molecular weight is 250 g/mol. The fraction of sp³-hybridized carbons (Fsp3) is 0.692. The summed E-state index contributed by atoms with van der Waals surface area (Å²) in [6, 6.07) is -0.204. The van der Waals surface area contributed by atoms with Crippen molar-refractivity contribution in [2.45, 2.75) is 44.7 Å². The number of carbonyl (C=O) groups excluding carboxylic acids is 1. The van der Waals surface area contributed by atoms with Crippen LogP contribution in [0.15, 0.2) is 12.4 Å². The second kappa shape index (κ2) is 5.52. The Morgan fingerprint density at radius 3 is 2.78 bits per heavy atom. The largest absolute Gasteiger partial charge is 0.338 e. The molecule has 1 aromatic rings. The van der Waals surface area contributed by atoms with Gasteiger partial charge in [-0.2, -0.15) is 5.10 Å². The molecule has 5 nitrogen and oxygen atoms in total. The van der Waals surface area contributed by atoms with E-state index < -0.39 is 6.04 Å². The van der Waals surface area contributed by atoms with Crippen LogP contribution in [0, 0.1) is 0 Å². The summed E-state index contributed by atoms with van der Waals surface area (Å²) >= 11 is 0. The molecular formula is C13H22N4O. The third kappa shape index (κ3) is 2.56. The monoisotopic (exact) mass is 250 g/mol. The molecule has 1 aliphatic carbocycles. The van der Waals surface area contributed by atoms with Gasteiger partial charge in [0, 0.05) is 31.4 Å². The molecule has 1 unspecified atom stereocenters. The zero-order chi connectivity index (χ0) is 13.1. The molecule has 1 aliphatic rings. The maximum absolute atomic E-state index is 12.4. The quantitative estimate of drug-likeness (QED) is 0.873. The first-order valence-electron chi connectivity index (χ1n) is 6.68. The molecule has 100 valence electrons. The van der Waals surface area contributed by atoms with Gasteiger partial charge in [-0.1, -0.05) is 12.8 Å². The lowest BCUT2D eigenvalue weighted by atomic mass is 10.1. The Hall–Kier alpha value is -1.36. The van der Waals surface area contributed by atoms with E-state index in [0.717, 1.165) is 24.9 Å². The third-order valence-electron chi connectivity index (χ3n) is 3.74. The van der Waals surface area contributed by atoms with Crippen LogP contribution < -0.4 is 5.73 Å². The lowest BCUT2D eigenvalue weighted by Gasteiger charge is -2.29. The van der Waals surface area contributed by atoms with Crippen molar-refractivity contribution in [2.75, 3.05) is 6.54 Å². The molecule has 0 spiro atoms. The molecule has 18 heavy (non-hydrogen) atoms. The number of rotatable bonds is 4. The SMILES string of the molecule is CCN(C(=O)C(N)c1cnn(C)c1)C1CCCC1. The number of likely N-dealkylation sites (N-methyl/N-ethyl adjacent to an activating group) is 1. The zero-order valence-electron chi connectivity index (χ0n) is 11.2. The molecule has 5 heteroatoms. The van der Waals surface area contributed by atoms with Gasteiger partial charge in [0.05, 0.1) is 6.20 Å². The van der Waals surface area contributed by atoms with E-state index in [1.807, 2.05) is 25.1 Å². The normalized spacial score (nSPS) is 17.9. The fourth-order valence-corrected chi connectivity index (χ4v) is 2.73. The number of amides is 1. The maximum Gasteiger partial charge on any atom is 0.244 e. The van der Waals surface area contributed by atoms with Gasteiger partial charge in [0.1, 0.15) is 6.04 Å². The average Bonchev–Trinajstić information content (AvgIpc) is 3.00. The molecule has 1 aromatic heterocycles. The van der Waals surface area contributed by atoms with E-state index in [2.05, 4.69) is 5.10 Å². The number of hydrogen-bond acceptors (Lipinski definition) is 3. The van der Waals surface area contributed by atoms with Crippen LogP contribution in [0.2, 0.25) is 0 Å². The molecule has 1 saturated carbocycles. The summed E-state index contributed by atoms with van der Waals surface area (Å²) in [4.78, 5) is 14.4. The van der Waals surface area contributed by atoms with Crippen molar-refractivity contribution in [2.24, 2.45) is 12.8 Å². The highest BCUT2D eigenvalue weighted by Crippen LogP contribution is 2.25. The van der Waals surface area contributed by atoms with Crippen molar-refractivity contribution < 1.29 is 4.79 Å². The van der Waals surface area contributed by atoms with Crippen molar-refractivity contribution in [3.8, 4) is 0 Å². The molecule has 1 atom stereocenters. The van der Waals surface area contributed by atoms with Gasteiger partial charge in [-0.05, 0) is 19.8 Å². The Balaban J connectivity index is 2.08. The van der Waals surface area contributed by atoms with Gasteiger partial charge < -0.3 is 10.6 Å². The van der Waals surface area contributed by atoms with Gasteiger partial charge in [0.25, 0.3) is 0 Å². The predicted molar refractivity (Wildman–Crippen MR) is 69.8 cm³/mol. The van der Waals surface area contributed by atoms with Crippen LogP contribution in [-0.2, 0) is 11.8 Å². The summed E-state index contributed by atoms with van der Waals surface area (Å²) in [7, 11) is 1.83. The Kier molecular flexibility index (Phi) is 4.01. The van der Waals surface area contributed by atoms with Crippen molar-refractivity contribution in [3.63, 3.8) is 0 Å². The maximum atomic E-state index is 12.4. The topological polar surface area (TPSA) is 64.2 Å². The van der Waals surface area contributed by atoms with E-state index in [1.165, 1.54) is 12.8 Å². The first-order chi connectivity index (χ1) is 8.63. The Bertz CT molecular complexity index is 409. The van der Waals surface area contributed by atoms with Crippen molar-refractivity contribution in [3.05, 3.63) is 18.0 Å². The molecule has 0 aliphatic heterocycles. The van der Waals surface area contributed by atoms with Gasteiger partial charge in [-0.3, -0.25) is 9.48 Å². The highest BCUT2D eigenvalue weighted by molar-refractivity contribution is 5.83. The van der Waals surface area contributed by atoms with Crippen LogP contribution >= 0.6 is 0 Å². The second-order valence-corrected chi connectivity index (χ2v) is 4.99. The second-order valence-electron chi connectivity index (χ2n) is 4.99. The van der Waals surface area contributed by atoms with E-state index in [0.29, 0.717) is 6.04 Å². The zero-order valence-corrected chi connectivity index (χ0v) is 11.2. The Morgan fingerprint density at radius 2 is 2.28 bits per heavy atom. The fourth-order valence-electron chi connectivity index (χ4n) is 2.73. The van der Waals surface area contributed by atoms with Crippen LogP contribution in [-0.4, -0.2) is 33.2 Å². The van der Waals surface area contributed by atoms with Crippen molar-refractivity contribution in [1.29, 1.82) is 0 Å². The van der Waals surface area contributed by atoms with Crippen LogP contribution in [0.25, 0.3) is 0 Å². The van der Waals surface area contributed by atoms with Gasteiger partial charge in [-0.25, -0.2) is 0 Å². The summed E-state index contributed by atoms with van der Waals surface area (Å²) in [5, 5.41) is 4.07. The summed E-state index contributed by atoms with van der Waals surface area (Å²) < 4.78 is 1.67. The van der Waals surface area contributed by atoms with E-state index in [9.17, 15) is 4.79 Å². The smallest absolute Gasteiger partial charge is 0.244 e. The molecule has 0 bridgehead atoms. The standard InChI is InChI=1S/C13H22N4O/c1-3-17(11-6-4-5-7-11)13(18)12(14)10-8-15-16(2)9-10/h8-9,11-12H,3-7,14H2,1-2H3.